The monoisotopic (exact) mass is 473 g/mol. The summed E-state index contributed by atoms with van der Waals surface area (Å²) in [6.07, 6.45) is 1.65. The van der Waals surface area contributed by atoms with Crippen molar-refractivity contribution in [3.8, 4) is 0 Å². The van der Waals surface area contributed by atoms with Crippen LogP contribution in [0, 0.1) is 12.7 Å². The topological polar surface area (TPSA) is 87.2 Å². The molecule has 0 saturated carbocycles. The van der Waals surface area contributed by atoms with Crippen LogP contribution in [0.1, 0.15) is 39.1 Å². The number of urea groups is 1. The molecule has 7 nitrogen and oxygen atoms in total. The highest BCUT2D eigenvalue weighted by Crippen LogP contribution is 2.30. The second kappa shape index (κ2) is 9.62. The first-order valence-corrected chi connectivity index (χ1v) is 11.3. The number of carbonyl (C=O) groups is 2. The summed E-state index contributed by atoms with van der Waals surface area (Å²) in [6, 6.07) is 11.3. The van der Waals surface area contributed by atoms with E-state index in [0.29, 0.717) is 24.5 Å². The number of likely N-dealkylation sites (tertiary alicyclic amines) is 1. The predicted molar refractivity (Wildman–Crippen MR) is 123 cm³/mol. The fourth-order valence-electron chi connectivity index (χ4n) is 3.45. The molecular formula is C22H21ClFN5O2S. The summed E-state index contributed by atoms with van der Waals surface area (Å²) in [5.41, 5.74) is 2.22. The number of rotatable bonds is 4. The van der Waals surface area contributed by atoms with Gasteiger partial charge in [-0.25, -0.2) is 9.18 Å². The molecule has 1 aromatic heterocycles. The highest BCUT2D eigenvalue weighted by atomic mass is 35.5. The molecule has 2 heterocycles. The third-order valence-electron chi connectivity index (χ3n) is 5.17. The quantitative estimate of drug-likeness (QED) is 0.538. The molecule has 4 rings (SSSR count). The molecule has 32 heavy (non-hydrogen) atoms. The molecule has 0 aliphatic carbocycles. The molecule has 1 atom stereocenters. The number of amides is 3. The fraction of sp³-hybridized carbons (Fsp3) is 0.273. The summed E-state index contributed by atoms with van der Waals surface area (Å²) in [5, 5.41) is 14.8. The van der Waals surface area contributed by atoms with Crippen LogP contribution in [-0.2, 0) is 0 Å². The van der Waals surface area contributed by atoms with Gasteiger partial charge in [-0.15, -0.1) is 10.2 Å². The Labute approximate surface area is 193 Å². The average molecular weight is 474 g/mol. The zero-order chi connectivity index (χ0) is 22.7. The lowest BCUT2D eigenvalue weighted by Gasteiger charge is -2.31. The maximum Gasteiger partial charge on any atom is 0.321 e. The lowest BCUT2D eigenvalue weighted by atomic mass is 9.99. The van der Waals surface area contributed by atoms with Crippen LogP contribution in [0.3, 0.4) is 0 Å². The van der Waals surface area contributed by atoms with Crippen LogP contribution in [0.2, 0.25) is 5.02 Å². The van der Waals surface area contributed by atoms with E-state index in [2.05, 4.69) is 20.8 Å². The van der Waals surface area contributed by atoms with Gasteiger partial charge in [0.15, 0.2) is 0 Å². The number of anilines is 2. The smallest absolute Gasteiger partial charge is 0.321 e. The van der Waals surface area contributed by atoms with Crippen molar-refractivity contribution in [2.24, 2.45) is 0 Å². The Hall–Kier alpha value is -3.04. The Morgan fingerprint density at radius 3 is 2.62 bits per heavy atom. The van der Waals surface area contributed by atoms with Gasteiger partial charge in [-0.2, -0.15) is 0 Å². The maximum atomic E-state index is 13.3. The molecule has 0 radical (unpaired) electrons. The van der Waals surface area contributed by atoms with Crippen molar-refractivity contribution in [3.63, 3.8) is 0 Å². The fourth-order valence-corrected chi connectivity index (χ4v) is 4.50. The molecule has 2 aromatic carbocycles. The van der Waals surface area contributed by atoms with E-state index in [1.165, 1.54) is 29.5 Å². The molecule has 0 bridgehead atoms. The molecule has 10 heteroatoms. The largest absolute Gasteiger partial charge is 0.324 e. The van der Waals surface area contributed by atoms with Gasteiger partial charge in [-0.3, -0.25) is 4.79 Å². The highest BCUT2D eigenvalue weighted by Gasteiger charge is 2.28. The average Bonchev–Trinajstić information content (AvgIpc) is 3.28. The number of piperidine rings is 1. The molecule has 1 saturated heterocycles. The molecule has 0 unspecified atom stereocenters. The molecule has 0 spiro atoms. The van der Waals surface area contributed by atoms with Gasteiger partial charge in [0.05, 0.1) is 5.02 Å². The van der Waals surface area contributed by atoms with Crippen molar-refractivity contribution < 1.29 is 14.0 Å². The summed E-state index contributed by atoms with van der Waals surface area (Å²) in [4.78, 5) is 26.8. The van der Waals surface area contributed by atoms with Gasteiger partial charge >= 0.3 is 6.03 Å². The van der Waals surface area contributed by atoms with Gasteiger partial charge in [0, 0.05) is 30.4 Å². The standard InChI is InChI=1S/C22H21ClFN5O2S/c1-13-4-6-15(7-5-13)25-19(30)21-28-27-20(32-21)14-3-2-10-29(12-14)22(31)26-16-8-9-18(24)17(23)11-16/h4-9,11,14H,2-3,10,12H2,1H3,(H,25,30)(H,26,31)/t14-/m1/s1. The minimum Gasteiger partial charge on any atom is -0.324 e. The number of halogens is 2. The lowest BCUT2D eigenvalue weighted by Crippen LogP contribution is -2.41. The number of aromatic nitrogens is 2. The molecule has 166 valence electrons. The molecule has 1 aliphatic rings. The van der Waals surface area contributed by atoms with Crippen LogP contribution < -0.4 is 10.6 Å². The van der Waals surface area contributed by atoms with E-state index in [1.54, 1.807) is 4.90 Å². The lowest BCUT2D eigenvalue weighted by molar-refractivity contribution is 0.102. The van der Waals surface area contributed by atoms with Crippen molar-refractivity contribution in [3.05, 3.63) is 68.9 Å². The van der Waals surface area contributed by atoms with Crippen LogP contribution in [0.5, 0.6) is 0 Å². The Balaban J connectivity index is 1.38. The summed E-state index contributed by atoms with van der Waals surface area (Å²) < 4.78 is 13.3. The SMILES string of the molecule is Cc1ccc(NC(=O)c2nnc([C@@H]3CCCN(C(=O)Nc4ccc(F)c(Cl)c4)C3)s2)cc1. The Morgan fingerprint density at radius 2 is 1.88 bits per heavy atom. The van der Waals surface area contributed by atoms with Gasteiger partial charge in [0.2, 0.25) is 5.01 Å². The van der Waals surface area contributed by atoms with Gasteiger partial charge < -0.3 is 15.5 Å². The van der Waals surface area contributed by atoms with Gasteiger partial charge in [-0.05, 0) is 50.1 Å². The predicted octanol–water partition coefficient (Wildman–Crippen LogP) is 5.30. The number of carbonyl (C=O) groups excluding carboxylic acids is 2. The van der Waals surface area contributed by atoms with Crippen LogP contribution >= 0.6 is 22.9 Å². The van der Waals surface area contributed by atoms with Crippen molar-refractivity contribution in [2.45, 2.75) is 25.7 Å². The van der Waals surface area contributed by atoms with E-state index in [-0.39, 0.29) is 27.9 Å². The highest BCUT2D eigenvalue weighted by molar-refractivity contribution is 7.13. The van der Waals surface area contributed by atoms with E-state index < -0.39 is 5.82 Å². The van der Waals surface area contributed by atoms with Crippen LogP contribution in [0.15, 0.2) is 42.5 Å². The maximum absolute atomic E-state index is 13.3. The van der Waals surface area contributed by atoms with E-state index in [0.717, 1.165) is 23.4 Å². The minimum absolute atomic E-state index is 0.00951. The molecule has 2 N–H and O–H groups in total. The van der Waals surface area contributed by atoms with Crippen LogP contribution in [0.25, 0.3) is 0 Å². The van der Waals surface area contributed by atoms with Crippen molar-refractivity contribution in [1.82, 2.24) is 15.1 Å². The summed E-state index contributed by atoms with van der Waals surface area (Å²) in [5.74, 6) is -0.859. The number of nitrogens with one attached hydrogen (secondary N) is 2. The third-order valence-corrected chi connectivity index (χ3v) is 6.55. The van der Waals surface area contributed by atoms with Gasteiger partial charge in [0.25, 0.3) is 5.91 Å². The Bertz CT molecular complexity index is 1140. The number of nitrogens with zero attached hydrogens (tertiary/aromatic N) is 3. The number of hydrogen-bond donors (Lipinski definition) is 2. The molecule has 1 fully saturated rings. The Morgan fingerprint density at radius 1 is 1.12 bits per heavy atom. The van der Waals surface area contributed by atoms with Crippen molar-refractivity contribution in [1.29, 1.82) is 0 Å². The first kappa shape index (κ1) is 22.2. The second-order valence-corrected chi connectivity index (χ2v) is 9.03. The summed E-state index contributed by atoms with van der Waals surface area (Å²) in [6.45, 7) is 3.02. The number of aryl methyl sites for hydroxylation is 1. The van der Waals surface area contributed by atoms with Crippen LogP contribution in [-0.4, -0.2) is 40.1 Å². The van der Waals surface area contributed by atoms with E-state index in [9.17, 15) is 14.0 Å². The van der Waals surface area contributed by atoms with Gasteiger partial charge in [0.1, 0.15) is 10.8 Å². The molecule has 3 amide bonds. The Kier molecular flexibility index (Phi) is 6.66. The van der Waals surface area contributed by atoms with Crippen molar-refractivity contribution in [2.75, 3.05) is 23.7 Å². The van der Waals surface area contributed by atoms with Crippen LogP contribution in [0.4, 0.5) is 20.6 Å². The third kappa shape index (κ3) is 5.23. The van der Waals surface area contributed by atoms with E-state index >= 15 is 0 Å². The first-order chi connectivity index (χ1) is 15.4. The number of benzene rings is 2. The van der Waals surface area contributed by atoms with Gasteiger partial charge in [-0.1, -0.05) is 40.6 Å². The number of hydrogen-bond acceptors (Lipinski definition) is 5. The zero-order valence-corrected chi connectivity index (χ0v) is 18.8. The van der Waals surface area contributed by atoms with E-state index in [4.69, 9.17) is 11.6 Å². The molecular weight excluding hydrogens is 453 g/mol. The summed E-state index contributed by atoms with van der Waals surface area (Å²) >= 11 is 7.03. The molecule has 1 aliphatic heterocycles. The van der Waals surface area contributed by atoms with E-state index in [1.807, 2.05) is 31.2 Å². The minimum atomic E-state index is -0.541. The first-order valence-electron chi connectivity index (χ1n) is 10.1. The normalized spacial score (nSPS) is 16.0. The molecule has 3 aromatic rings. The summed E-state index contributed by atoms with van der Waals surface area (Å²) in [7, 11) is 0. The van der Waals surface area contributed by atoms with Crippen molar-refractivity contribution >= 4 is 46.3 Å². The zero-order valence-electron chi connectivity index (χ0n) is 17.3. The second-order valence-electron chi connectivity index (χ2n) is 7.61.